The average Bonchev–Trinajstić information content (AvgIpc) is 2.71. The Morgan fingerprint density at radius 2 is 1.94 bits per heavy atom. The largest absolute Gasteiger partial charge is 0.508 e. The number of rotatable bonds is 3. The number of ether oxygens (including phenoxy) is 1. The number of piperidine rings is 2. The standard InChI is InChI=1S/C26H41N3O3/c1-25(2,3)32-24(31)29-12-9-18(10-13-29)17-28(6)23-22-15-19-7-8-20(30)16-21(19)26(23,4)11-14-27(22)5/h7-8,16,18,22-23,30H,9-15,17H2,1-6H3/t22-,23+,26?/m1/s1. The number of phenols is 1. The number of carbonyl (C=O) groups excluding carboxylic acids is 1. The Labute approximate surface area is 193 Å². The van der Waals surface area contributed by atoms with Crippen LogP contribution in [0.1, 0.15) is 58.1 Å². The highest BCUT2D eigenvalue weighted by atomic mass is 16.6. The molecule has 0 radical (unpaired) electrons. The fourth-order valence-corrected chi connectivity index (χ4v) is 6.37. The highest BCUT2D eigenvalue weighted by Crippen LogP contribution is 2.47. The maximum Gasteiger partial charge on any atom is 0.410 e. The van der Waals surface area contributed by atoms with Crippen molar-refractivity contribution in [1.29, 1.82) is 0 Å². The number of nitrogens with zero attached hydrogens (tertiary/aromatic N) is 3. The molecule has 3 atom stereocenters. The first-order valence-electron chi connectivity index (χ1n) is 12.2. The molecule has 1 aliphatic carbocycles. The van der Waals surface area contributed by atoms with Crippen molar-refractivity contribution in [1.82, 2.24) is 14.7 Å². The lowest BCUT2D eigenvalue weighted by atomic mass is 9.61. The summed E-state index contributed by atoms with van der Waals surface area (Å²) >= 11 is 0. The second kappa shape index (κ2) is 8.53. The number of likely N-dealkylation sites (N-methyl/N-ethyl adjacent to an activating group) is 2. The molecule has 2 bridgehead atoms. The minimum atomic E-state index is -0.445. The van der Waals surface area contributed by atoms with Gasteiger partial charge >= 0.3 is 6.09 Å². The fourth-order valence-electron chi connectivity index (χ4n) is 6.37. The van der Waals surface area contributed by atoms with E-state index in [-0.39, 0.29) is 11.5 Å². The first kappa shape index (κ1) is 23.4. The summed E-state index contributed by atoms with van der Waals surface area (Å²) in [7, 11) is 4.54. The van der Waals surface area contributed by atoms with Crippen molar-refractivity contribution < 1.29 is 14.6 Å². The van der Waals surface area contributed by atoms with E-state index in [1.807, 2.05) is 37.8 Å². The molecule has 1 unspecified atom stereocenters. The third-order valence-electron chi connectivity index (χ3n) is 7.99. The number of phenolic OH excluding ortho intramolecular Hbond substituents is 1. The molecule has 3 aliphatic rings. The van der Waals surface area contributed by atoms with Crippen LogP contribution in [0.15, 0.2) is 18.2 Å². The van der Waals surface area contributed by atoms with Gasteiger partial charge in [-0.15, -0.1) is 0 Å². The van der Waals surface area contributed by atoms with Crippen molar-refractivity contribution in [3.8, 4) is 5.75 Å². The molecule has 1 aromatic rings. The zero-order valence-corrected chi connectivity index (χ0v) is 20.7. The smallest absolute Gasteiger partial charge is 0.410 e. The summed E-state index contributed by atoms with van der Waals surface area (Å²) < 4.78 is 5.56. The Balaban J connectivity index is 1.44. The van der Waals surface area contributed by atoms with Gasteiger partial charge in [-0.1, -0.05) is 13.0 Å². The van der Waals surface area contributed by atoms with E-state index < -0.39 is 5.60 Å². The summed E-state index contributed by atoms with van der Waals surface area (Å²) in [6, 6.07) is 6.87. The van der Waals surface area contributed by atoms with Crippen LogP contribution in [0, 0.1) is 5.92 Å². The highest BCUT2D eigenvalue weighted by Gasteiger charge is 2.51. The van der Waals surface area contributed by atoms with E-state index >= 15 is 0 Å². The van der Waals surface area contributed by atoms with Gasteiger partial charge in [0.2, 0.25) is 0 Å². The number of benzene rings is 1. The van der Waals surface area contributed by atoms with Crippen LogP contribution in [0.4, 0.5) is 4.79 Å². The van der Waals surface area contributed by atoms with Crippen molar-refractivity contribution >= 4 is 6.09 Å². The summed E-state index contributed by atoms with van der Waals surface area (Å²) in [5, 5.41) is 10.2. The number of aromatic hydroxyl groups is 1. The van der Waals surface area contributed by atoms with Crippen molar-refractivity contribution in [3.63, 3.8) is 0 Å². The van der Waals surface area contributed by atoms with Gasteiger partial charge in [0.15, 0.2) is 0 Å². The summed E-state index contributed by atoms with van der Waals surface area (Å²) in [6.45, 7) is 11.8. The van der Waals surface area contributed by atoms with Crippen LogP contribution in [0.2, 0.25) is 0 Å². The van der Waals surface area contributed by atoms with E-state index in [0.29, 0.717) is 23.8 Å². The lowest BCUT2D eigenvalue weighted by Crippen LogP contribution is -2.66. The van der Waals surface area contributed by atoms with Gasteiger partial charge in [0, 0.05) is 37.1 Å². The fraction of sp³-hybridized carbons (Fsp3) is 0.731. The number of amides is 1. The molecule has 6 nitrogen and oxygen atoms in total. The Kier molecular flexibility index (Phi) is 6.23. The summed E-state index contributed by atoms with van der Waals surface area (Å²) in [6.07, 6.45) is 3.99. The van der Waals surface area contributed by atoms with Gasteiger partial charge in [-0.05, 0) is 96.3 Å². The quantitative estimate of drug-likeness (QED) is 0.769. The average molecular weight is 444 g/mol. The Morgan fingerprint density at radius 1 is 1.25 bits per heavy atom. The molecule has 0 aromatic heterocycles. The summed E-state index contributed by atoms with van der Waals surface area (Å²) in [5.74, 6) is 0.956. The molecule has 1 N–H and O–H groups in total. The molecule has 1 amide bonds. The number of carbonyl (C=O) groups is 1. The Bertz CT molecular complexity index is 843. The van der Waals surface area contributed by atoms with Gasteiger partial charge in [0.1, 0.15) is 11.4 Å². The minimum Gasteiger partial charge on any atom is -0.508 e. The minimum absolute atomic E-state index is 0.0372. The number of hydrogen-bond acceptors (Lipinski definition) is 5. The SMILES string of the molecule is CN1CCC2(C)c3cc(O)ccc3C[C@@H]1[C@@H]2N(C)CC1CCN(C(=O)OC(C)(C)C)CC1. The van der Waals surface area contributed by atoms with Gasteiger partial charge in [0.25, 0.3) is 0 Å². The molecule has 4 rings (SSSR count). The Hall–Kier alpha value is -1.79. The lowest BCUT2D eigenvalue weighted by molar-refractivity contribution is -0.0104. The van der Waals surface area contributed by atoms with Crippen LogP contribution in [0.25, 0.3) is 0 Å². The van der Waals surface area contributed by atoms with Crippen molar-refractivity contribution in [2.24, 2.45) is 5.92 Å². The van der Waals surface area contributed by atoms with Crippen LogP contribution in [0.5, 0.6) is 5.75 Å². The van der Waals surface area contributed by atoms with Gasteiger partial charge < -0.3 is 24.5 Å². The molecular weight excluding hydrogens is 402 g/mol. The molecule has 2 heterocycles. The van der Waals surface area contributed by atoms with Crippen molar-refractivity contribution in [2.75, 3.05) is 40.3 Å². The topological polar surface area (TPSA) is 56.2 Å². The molecular formula is C26H41N3O3. The molecule has 2 fully saturated rings. The zero-order chi connectivity index (χ0) is 23.3. The number of fused-ring (bicyclic) bond motifs is 4. The predicted molar refractivity (Wildman–Crippen MR) is 127 cm³/mol. The molecule has 32 heavy (non-hydrogen) atoms. The maximum absolute atomic E-state index is 12.4. The van der Waals surface area contributed by atoms with E-state index in [4.69, 9.17) is 4.74 Å². The zero-order valence-electron chi connectivity index (χ0n) is 20.7. The van der Waals surface area contributed by atoms with Crippen molar-refractivity contribution in [2.45, 2.75) is 76.5 Å². The first-order valence-corrected chi connectivity index (χ1v) is 12.2. The monoisotopic (exact) mass is 443 g/mol. The van der Waals surface area contributed by atoms with Crippen LogP contribution >= 0.6 is 0 Å². The van der Waals surface area contributed by atoms with Gasteiger partial charge in [-0.3, -0.25) is 0 Å². The normalized spacial score (nSPS) is 29.2. The highest BCUT2D eigenvalue weighted by molar-refractivity contribution is 5.68. The predicted octanol–water partition coefficient (Wildman–Crippen LogP) is 3.86. The van der Waals surface area contributed by atoms with Crippen LogP contribution < -0.4 is 0 Å². The van der Waals surface area contributed by atoms with Crippen LogP contribution in [-0.2, 0) is 16.6 Å². The second-order valence-electron chi connectivity index (χ2n) is 11.6. The van der Waals surface area contributed by atoms with E-state index in [1.165, 1.54) is 11.1 Å². The third-order valence-corrected chi connectivity index (χ3v) is 7.99. The van der Waals surface area contributed by atoms with E-state index in [0.717, 1.165) is 51.9 Å². The van der Waals surface area contributed by atoms with Crippen LogP contribution in [0.3, 0.4) is 0 Å². The molecule has 6 heteroatoms. The summed E-state index contributed by atoms with van der Waals surface area (Å²) in [4.78, 5) is 19.4. The van der Waals surface area contributed by atoms with Gasteiger partial charge in [-0.2, -0.15) is 0 Å². The second-order valence-corrected chi connectivity index (χ2v) is 11.6. The van der Waals surface area contributed by atoms with E-state index in [1.54, 1.807) is 0 Å². The molecule has 2 saturated heterocycles. The maximum atomic E-state index is 12.4. The van der Waals surface area contributed by atoms with Gasteiger partial charge in [0.05, 0.1) is 0 Å². The first-order chi connectivity index (χ1) is 15.0. The molecule has 1 aromatic carbocycles. The summed E-state index contributed by atoms with van der Waals surface area (Å²) in [5.41, 5.74) is 2.31. The Morgan fingerprint density at radius 3 is 2.59 bits per heavy atom. The number of hydrogen-bond donors (Lipinski definition) is 1. The van der Waals surface area contributed by atoms with Crippen molar-refractivity contribution in [3.05, 3.63) is 29.3 Å². The van der Waals surface area contributed by atoms with E-state index in [9.17, 15) is 9.90 Å². The lowest BCUT2D eigenvalue weighted by Gasteiger charge is -2.58. The molecule has 178 valence electrons. The van der Waals surface area contributed by atoms with E-state index in [2.05, 4.69) is 36.9 Å². The molecule has 0 spiro atoms. The molecule has 2 aliphatic heterocycles. The van der Waals surface area contributed by atoms with Gasteiger partial charge in [-0.25, -0.2) is 4.79 Å². The third kappa shape index (κ3) is 4.49. The van der Waals surface area contributed by atoms with Crippen LogP contribution in [-0.4, -0.2) is 83.9 Å². The molecule has 0 saturated carbocycles. The number of likely N-dealkylation sites (tertiary alicyclic amines) is 2.